The van der Waals surface area contributed by atoms with E-state index in [0.29, 0.717) is 0 Å². The summed E-state index contributed by atoms with van der Waals surface area (Å²) in [7, 11) is 4.30. The highest BCUT2D eigenvalue weighted by Crippen LogP contribution is 2.08. The Kier molecular flexibility index (Phi) is 12.9. The van der Waals surface area contributed by atoms with Crippen molar-refractivity contribution in [1.82, 2.24) is 4.90 Å². The zero-order valence-corrected chi connectivity index (χ0v) is 11.6. The Morgan fingerprint density at radius 2 is 1.25 bits per heavy atom. The number of rotatable bonds is 12. The Bertz CT molecular complexity index is 126. The molecular weight excluding hydrogens is 198 g/mol. The Morgan fingerprint density at radius 3 is 1.75 bits per heavy atom. The van der Waals surface area contributed by atoms with E-state index in [1.165, 1.54) is 57.9 Å². The second kappa shape index (κ2) is 13.0. The molecule has 2 nitrogen and oxygen atoms in total. The van der Waals surface area contributed by atoms with E-state index in [2.05, 4.69) is 25.9 Å². The monoisotopic (exact) mass is 229 g/mol. The highest BCUT2D eigenvalue weighted by Gasteiger charge is 1.93. The molecule has 0 heterocycles. The average Bonchev–Trinajstić information content (AvgIpc) is 2.25. The van der Waals surface area contributed by atoms with Crippen LogP contribution in [0.5, 0.6) is 0 Å². The van der Waals surface area contributed by atoms with Gasteiger partial charge in [-0.1, -0.05) is 38.5 Å². The van der Waals surface area contributed by atoms with Crippen LogP contribution in [0.2, 0.25) is 0 Å². The van der Waals surface area contributed by atoms with Crippen molar-refractivity contribution in [2.75, 3.05) is 33.9 Å². The van der Waals surface area contributed by atoms with Crippen molar-refractivity contribution in [1.29, 1.82) is 0 Å². The fraction of sp³-hybridized carbons (Fsp3) is 1.00. The first-order valence-corrected chi connectivity index (χ1v) is 7.00. The lowest BCUT2D eigenvalue weighted by Gasteiger charge is -2.08. The minimum absolute atomic E-state index is 0.867. The van der Waals surface area contributed by atoms with Crippen LogP contribution in [0.25, 0.3) is 0 Å². The van der Waals surface area contributed by atoms with Crippen molar-refractivity contribution in [2.45, 2.75) is 58.3 Å². The average molecular weight is 229 g/mol. The van der Waals surface area contributed by atoms with Crippen LogP contribution in [0.4, 0.5) is 0 Å². The standard InChI is InChI=1S/C14H31NO/c1-4-16-14-12-10-8-6-5-7-9-11-13-15(2)3/h4-14H2,1-3H3. The van der Waals surface area contributed by atoms with E-state index in [1.54, 1.807) is 0 Å². The zero-order valence-electron chi connectivity index (χ0n) is 11.6. The third-order valence-corrected chi connectivity index (χ3v) is 2.85. The van der Waals surface area contributed by atoms with Crippen molar-refractivity contribution < 1.29 is 4.74 Å². The predicted molar refractivity (Wildman–Crippen MR) is 72.0 cm³/mol. The lowest BCUT2D eigenvalue weighted by atomic mass is 10.1. The van der Waals surface area contributed by atoms with Crippen LogP contribution in [0.15, 0.2) is 0 Å². The fourth-order valence-electron chi connectivity index (χ4n) is 1.84. The van der Waals surface area contributed by atoms with Gasteiger partial charge in [0.05, 0.1) is 0 Å². The van der Waals surface area contributed by atoms with Crippen LogP contribution in [0.3, 0.4) is 0 Å². The second-order valence-corrected chi connectivity index (χ2v) is 4.83. The van der Waals surface area contributed by atoms with E-state index in [9.17, 15) is 0 Å². The smallest absolute Gasteiger partial charge is 0.0465 e. The van der Waals surface area contributed by atoms with Gasteiger partial charge in [0, 0.05) is 13.2 Å². The Balaban J connectivity index is 2.88. The van der Waals surface area contributed by atoms with Crippen LogP contribution in [0, 0.1) is 0 Å². The third-order valence-electron chi connectivity index (χ3n) is 2.85. The molecule has 0 saturated heterocycles. The van der Waals surface area contributed by atoms with E-state index in [0.717, 1.165) is 13.2 Å². The summed E-state index contributed by atoms with van der Waals surface area (Å²) in [6.07, 6.45) is 11.0. The van der Waals surface area contributed by atoms with Gasteiger partial charge in [0.1, 0.15) is 0 Å². The summed E-state index contributed by atoms with van der Waals surface area (Å²) >= 11 is 0. The van der Waals surface area contributed by atoms with Gasteiger partial charge in [-0.05, 0) is 40.4 Å². The van der Waals surface area contributed by atoms with Crippen molar-refractivity contribution in [3.63, 3.8) is 0 Å². The maximum atomic E-state index is 5.31. The first-order valence-electron chi connectivity index (χ1n) is 7.00. The van der Waals surface area contributed by atoms with Gasteiger partial charge >= 0.3 is 0 Å². The molecule has 2 heteroatoms. The van der Waals surface area contributed by atoms with Crippen LogP contribution in [-0.4, -0.2) is 38.8 Å². The molecule has 0 radical (unpaired) electrons. The van der Waals surface area contributed by atoms with E-state index in [1.807, 2.05) is 0 Å². The molecule has 0 bridgehead atoms. The van der Waals surface area contributed by atoms with E-state index >= 15 is 0 Å². The highest BCUT2D eigenvalue weighted by atomic mass is 16.5. The largest absolute Gasteiger partial charge is 0.382 e. The molecule has 0 unspecified atom stereocenters. The van der Waals surface area contributed by atoms with Gasteiger partial charge in [0.25, 0.3) is 0 Å². The Labute approximate surface area is 102 Å². The third kappa shape index (κ3) is 13.9. The quantitative estimate of drug-likeness (QED) is 0.473. The van der Waals surface area contributed by atoms with Gasteiger partial charge < -0.3 is 9.64 Å². The number of unbranched alkanes of at least 4 members (excludes halogenated alkanes) is 7. The van der Waals surface area contributed by atoms with Crippen molar-refractivity contribution >= 4 is 0 Å². The summed E-state index contributed by atoms with van der Waals surface area (Å²) in [5.41, 5.74) is 0. The SMILES string of the molecule is CCOCCCCCCCCCCN(C)C. The Hall–Kier alpha value is -0.0800. The molecule has 0 rings (SSSR count). The molecule has 0 aliphatic heterocycles. The molecule has 0 aromatic rings. The molecule has 0 saturated carbocycles. The van der Waals surface area contributed by atoms with Crippen molar-refractivity contribution in [2.24, 2.45) is 0 Å². The zero-order chi connectivity index (χ0) is 12.1. The molecule has 0 aromatic heterocycles. The molecule has 0 N–H and O–H groups in total. The molecule has 0 amide bonds. The summed E-state index contributed by atoms with van der Waals surface area (Å²) < 4.78 is 5.31. The van der Waals surface area contributed by atoms with Gasteiger partial charge in [0.2, 0.25) is 0 Å². The maximum absolute atomic E-state index is 5.31. The van der Waals surface area contributed by atoms with Gasteiger partial charge in [-0.25, -0.2) is 0 Å². The molecule has 0 spiro atoms. The molecule has 0 fully saturated rings. The number of hydrogen-bond acceptors (Lipinski definition) is 2. The van der Waals surface area contributed by atoms with Crippen LogP contribution in [0.1, 0.15) is 58.3 Å². The van der Waals surface area contributed by atoms with E-state index in [4.69, 9.17) is 4.74 Å². The number of nitrogens with zero attached hydrogens (tertiary/aromatic N) is 1. The lowest BCUT2D eigenvalue weighted by Crippen LogP contribution is -2.12. The van der Waals surface area contributed by atoms with Crippen molar-refractivity contribution in [3.05, 3.63) is 0 Å². The molecule has 0 atom stereocenters. The highest BCUT2D eigenvalue weighted by molar-refractivity contribution is 4.49. The summed E-state index contributed by atoms with van der Waals surface area (Å²) in [5.74, 6) is 0. The van der Waals surface area contributed by atoms with Gasteiger partial charge in [0.15, 0.2) is 0 Å². The fourth-order valence-corrected chi connectivity index (χ4v) is 1.84. The molecule has 0 aliphatic rings. The van der Waals surface area contributed by atoms with E-state index < -0.39 is 0 Å². The second-order valence-electron chi connectivity index (χ2n) is 4.83. The Morgan fingerprint density at radius 1 is 0.750 bits per heavy atom. The van der Waals surface area contributed by atoms with Crippen LogP contribution < -0.4 is 0 Å². The predicted octanol–water partition coefficient (Wildman–Crippen LogP) is 3.71. The first-order chi connectivity index (χ1) is 7.77. The summed E-state index contributed by atoms with van der Waals surface area (Å²) in [6.45, 7) is 5.13. The number of hydrogen-bond donors (Lipinski definition) is 0. The number of ether oxygens (including phenoxy) is 1. The lowest BCUT2D eigenvalue weighted by molar-refractivity contribution is 0.143. The van der Waals surface area contributed by atoms with Crippen LogP contribution in [-0.2, 0) is 4.74 Å². The van der Waals surface area contributed by atoms with E-state index in [-0.39, 0.29) is 0 Å². The minimum atomic E-state index is 0.867. The maximum Gasteiger partial charge on any atom is 0.0465 e. The summed E-state index contributed by atoms with van der Waals surface area (Å²) in [6, 6.07) is 0. The molecular formula is C14H31NO. The minimum Gasteiger partial charge on any atom is -0.382 e. The summed E-state index contributed by atoms with van der Waals surface area (Å²) in [5, 5.41) is 0. The topological polar surface area (TPSA) is 12.5 Å². The van der Waals surface area contributed by atoms with Gasteiger partial charge in [-0.3, -0.25) is 0 Å². The normalized spacial score (nSPS) is 11.2. The molecule has 16 heavy (non-hydrogen) atoms. The van der Waals surface area contributed by atoms with Crippen LogP contribution >= 0.6 is 0 Å². The summed E-state index contributed by atoms with van der Waals surface area (Å²) in [4.78, 5) is 2.27. The molecule has 0 aliphatic carbocycles. The molecule has 98 valence electrons. The van der Waals surface area contributed by atoms with Gasteiger partial charge in [-0.2, -0.15) is 0 Å². The van der Waals surface area contributed by atoms with Crippen molar-refractivity contribution in [3.8, 4) is 0 Å². The van der Waals surface area contributed by atoms with Gasteiger partial charge in [-0.15, -0.1) is 0 Å². The molecule has 0 aromatic carbocycles. The first kappa shape index (κ1) is 15.9.